The third kappa shape index (κ3) is 3.46. The number of sulfonamides is 1. The Bertz CT molecular complexity index is 569. The summed E-state index contributed by atoms with van der Waals surface area (Å²) in [7, 11) is -3.83. The second-order valence-electron chi connectivity index (χ2n) is 4.50. The second kappa shape index (κ2) is 5.65. The van der Waals surface area contributed by atoms with E-state index in [-0.39, 0.29) is 32.9 Å². The number of hydrogen-bond donors (Lipinski definition) is 2. The van der Waals surface area contributed by atoms with Gasteiger partial charge in [0.05, 0.1) is 5.02 Å². The smallest absolute Gasteiger partial charge is 0.243 e. The number of benzene rings is 1. The lowest BCUT2D eigenvalue weighted by Crippen LogP contribution is -2.41. The van der Waals surface area contributed by atoms with Crippen molar-refractivity contribution in [1.29, 1.82) is 0 Å². The van der Waals surface area contributed by atoms with Crippen molar-refractivity contribution in [1.82, 2.24) is 4.72 Å². The summed E-state index contributed by atoms with van der Waals surface area (Å²) < 4.78 is 40.3. The van der Waals surface area contributed by atoms with Gasteiger partial charge < -0.3 is 5.73 Å². The Labute approximate surface area is 124 Å². The Balaban J connectivity index is 2.33. The van der Waals surface area contributed by atoms with Crippen molar-refractivity contribution in [3.05, 3.63) is 27.4 Å². The number of rotatable bonds is 5. The molecule has 1 aliphatic carbocycles. The molecule has 1 fully saturated rings. The van der Waals surface area contributed by atoms with Crippen molar-refractivity contribution in [2.75, 3.05) is 6.54 Å². The maximum absolute atomic E-state index is 13.1. The molecule has 4 nitrogen and oxygen atoms in total. The molecule has 0 amide bonds. The summed E-state index contributed by atoms with van der Waals surface area (Å²) in [6.07, 6.45) is 1.92. The molecule has 0 radical (unpaired) electrons. The zero-order valence-electron chi connectivity index (χ0n) is 9.87. The van der Waals surface area contributed by atoms with E-state index in [1.165, 1.54) is 0 Å². The highest BCUT2D eigenvalue weighted by Crippen LogP contribution is 2.35. The van der Waals surface area contributed by atoms with E-state index in [0.29, 0.717) is 0 Å². The summed E-state index contributed by atoms with van der Waals surface area (Å²) in [5, 5.41) is -0.161. The Morgan fingerprint density at radius 1 is 1.53 bits per heavy atom. The largest absolute Gasteiger partial charge is 0.329 e. The van der Waals surface area contributed by atoms with E-state index in [9.17, 15) is 12.8 Å². The minimum atomic E-state index is -3.83. The maximum atomic E-state index is 13.1. The highest BCUT2D eigenvalue weighted by atomic mass is 79.9. The predicted octanol–water partition coefficient (Wildman–Crippen LogP) is 2.26. The molecule has 2 rings (SSSR count). The molecule has 1 aromatic carbocycles. The zero-order chi connectivity index (χ0) is 14.2. The van der Waals surface area contributed by atoms with Crippen molar-refractivity contribution in [3.8, 4) is 0 Å². The van der Waals surface area contributed by atoms with Gasteiger partial charge in [-0.3, -0.25) is 0 Å². The monoisotopic (exact) mass is 370 g/mol. The van der Waals surface area contributed by atoms with Crippen LogP contribution in [0.3, 0.4) is 0 Å². The van der Waals surface area contributed by atoms with Gasteiger partial charge in [0.2, 0.25) is 10.0 Å². The summed E-state index contributed by atoms with van der Waals surface area (Å²) in [6, 6.07) is 1.72. The lowest BCUT2D eigenvalue weighted by Gasteiger charge is -2.17. The van der Waals surface area contributed by atoms with E-state index >= 15 is 0 Å². The number of nitrogens with two attached hydrogens (primary N) is 1. The molecule has 0 spiro atoms. The molecule has 1 saturated carbocycles. The predicted molar refractivity (Wildman–Crippen MR) is 75.0 cm³/mol. The highest BCUT2D eigenvalue weighted by Gasteiger charge is 2.34. The molecule has 0 heterocycles. The average molecular weight is 372 g/mol. The van der Waals surface area contributed by atoms with Crippen molar-refractivity contribution >= 4 is 37.6 Å². The fourth-order valence-electron chi connectivity index (χ4n) is 1.88. The summed E-state index contributed by atoms with van der Waals surface area (Å²) in [5.41, 5.74) is 5.57. The summed E-state index contributed by atoms with van der Waals surface area (Å²) in [4.78, 5) is -0.158. The molecule has 1 aromatic rings. The molecule has 0 aromatic heterocycles. The van der Waals surface area contributed by atoms with E-state index in [4.69, 9.17) is 17.3 Å². The van der Waals surface area contributed by atoms with Crippen molar-refractivity contribution in [2.24, 2.45) is 11.7 Å². The maximum Gasteiger partial charge on any atom is 0.243 e. The van der Waals surface area contributed by atoms with E-state index in [1.54, 1.807) is 0 Å². The first-order chi connectivity index (χ1) is 8.85. The quantitative estimate of drug-likeness (QED) is 0.834. The van der Waals surface area contributed by atoms with Crippen LogP contribution in [0.5, 0.6) is 0 Å². The Kier molecular flexibility index (Phi) is 4.52. The van der Waals surface area contributed by atoms with Gasteiger partial charge in [0.15, 0.2) is 0 Å². The molecule has 0 aliphatic heterocycles. The van der Waals surface area contributed by atoms with Gasteiger partial charge in [0, 0.05) is 17.1 Å². The van der Waals surface area contributed by atoms with Gasteiger partial charge in [-0.2, -0.15) is 0 Å². The number of nitrogens with one attached hydrogen (secondary N) is 1. The molecule has 0 bridgehead atoms. The third-order valence-electron chi connectivity index (χ3n) is 2.98. The van der Waals surface area contributed by atoms with Crippen LogP contribution in [-0.4, -0.2) is 21.0 Å². The highest BCUT2D eigenvalue weighted by molar-refractivity contribution is 9.10. The van der Waals surface area contributed by atoms with Gasteiger partial charge in [-0.15, -0.1) is 0 Å². The fraction of sp³-hybridized carbons (Fsp3) is 0.455. The number of hydrogen-bond acceptors (Lipinski definition) is 3. The van der Waals surface area contributed by atoms with Crippen LogP contribution in [0, 0.1) is 11.7 Å². The van der Waals surface area contributed by atoms with Gasteiger partial charge in [-0.1, -0.05) is 11.6 Å². The lowest BCUT2D eigenvalue weighted by atomic mass is 10.2. The average Bonchev–Trinajstić information content (AvgIpc) is 3.07. The molecule has 19 heavy (non-hydrogen) atoms. The first-order valence-electron chi connectivity index (χ1n) is 5.72. The third-order valence-corrected chi connectivity index (χ3v) is 5.87. The molecule has 1 unspecified atom stereocenters. The van der Waals surface area contributed by atoms with Crippen molar-refractivity contribution in [3.63, 3.8) is 0 Å². The Morgan fingerprint density at radius 2 is 2.16 bits per heavy atom. The van der Waals surface area contributed by atoms with Crippen LogP contribution in [0.4, 0.5) is 4.39 Å². The summed E-state index contributed by atoms with van der Waals surface area (Å²) in [5.74, 6) is -0.328. The number of halogens is 3. The van der Waals surface area contributed by atoms with Gasteiger partial charge in [-0.25, -0.2) is 17.5 Å². The Morgan fingerprint density at radius 3 is 2.63 bits per heavy atom. The van der Waals surface area contributed by atoms with Crippen molar-refractivity contribution < 1.29 is 12.8 Å². The van der Waals surface area contributed by atoms with E-state index in [1.807, 2.05) is 0 Å². The lowest BCUT2D eigenvalue weighted by molar-refractivity contribution is 0.518. The Hall–Kier alpha value is -0.210. The zero-order valence-corrected chi connectivity index (χ0v) is 13.0. The van der Waals surface area contributed by atoms with Crippen molar-refractivity contribution in [2.45, 2.75) is 23.8 Å². The van der Waals surface area contributed by atoms with Crippen LogP contribution in [0.25, 0.3) is 0 Å². The first-order valence-corrected chi connectivity index (χ1v) is 8.37. The molecular weight excluding hydrogens is 359 g/mol. The van der Waals surface area contributed by atoms with Gasteiger partial charge >= 0.3 is 0 Å². The van der Waals surface area contributed by atoms with Crippen LogP contribution in [0.15, 0.2) is 21.5 Å². The van der Waals surface area contributed by atoms with Crippen LogP contribution >= 0.6 is 27.5 Å². The molecular formula is C11H13BrClFN2O2S. The normalized spacial score (nSPS) is 17.5. The standard InChI is InChI=1S/C11H13BrClFN2O2S/c12-8-3-7(14)4-9(13)11(8)19(17,18)16-10(5-15)6-1-2-6/h3-4,6,10,16H,1-2,5,15H2. The van der Waals surface area contributed by atoms with Gasteiger partial charge in [0.1, 0.15) is 10.7 Å². The second-order valence-corrected chi connectivity index (χ2v) is 7.41. The minimum absolute atomic E-state index is 0.0940. The van der Waals surface area contributed by atoms with Gasteiger partial charge in [0.25, 0.3) is 0 Å². The van der Waals surface area contributed by atoms with Crippen LogP contribution in [0.1, 0.15) is 12.8 Å². The molecule has 1 aliphatic rings. The summed E-state index contributed by atoms with van der Waals surface area (Å²) in [6.45, 7) is 0.223. The first kappa shape index (κ1) is 15.2. The SMILES string of the molecule is NCC(NS(=O)(=O)c1c(Cl)cc(F)cc1Br)C1CC1. The minimum Gasteiger partial charge on any atom is -0.329 e. The van der Waals surface area contributed by atoms with Gasteiger partial charge in [-0.05, 0) is 46.8 Å². The van der Waals surface area contributed by atoms with E-state index < -0.39 is 15.8 Å². The molecule has 8 heteroatoms. The molecule has 3 N–H and O–H groups in total. The topological polar surface area (TPSA) is 72.2 Å². The molecule has 0 saturated heterocycles. The molecule has 1 atom stereocenters. The van der Waals surface area contributed by atoms with Crippen LogP contribution in [0.2, 0.25) is 5.02 Å². The fourth-order valence-corrected chi connectivity index (χ4v) is 5.01. The van der Waals surface area contributed by atoms with Crippen LogP contribution in [-0.2, 0) is 10.0 Å². The van der Waals surface area contributed by atoms with Crippen LogP contribution < -0.4 is 10.5 Å². The van der Waals surface area contributed by atoms with E-state index in [2.05, 4.69) is 20.7 Å². The molecule has 106 valence electrons. The van der Waals surface area contributed by atoms with E-state index in [0.717, 1.165) is 25.0 Å². The summed E-state index contributed by atoms with van der Waals surface area (Å²) >= 11 is 8.84.